The standard InChI is InChI=1S/C19H19F2N5O/c1-10(27)18(24)26-19(25)12-8-14(17(23)15(21)9-12)16(22)7-4-11-2-5-13(20)6-3-11/h2-10,22,27H,23H2,1H3,(H3,24,25,26)/b7-4+,22-16?. The lowest BCUT2D eigenvalue weighted by Crippen LogP contribution is -2.27. The highest BCUT2D eigenvalue weighted by Gasteiger charge is 2.14. The van der Waals surface area contributed by atoms with Crippen LogP contribution in [0.3, 0.4) is 0 Å². The van der Waals surface area contributed by atoms with Gasteiger partial charge in [0, 0.05) is 11.1 Å². The predicted octanol–water partition coefficient (Wildman–Crippen LogP) is 2.69. The van der Waals surface area contributed by atoms with Gasteiger partial charge in [0.1, 0.15) is 23.6 Å². The highest BCUT2D eigenvalue weighted by atomic mass is 19.1. The van der Waals surface area contributed by atoms with Crippen molar-refractivity contribution in [1.29, 1.82) is 10.8 Å². The molecule has 27 heavy (non-hydrogen) atoms. The van der Waals surface area contributed by atoms with Gasteiger partial charge >= 0.3 is 0 Å². The first-order valence-electron chi connectivity index (χ1n) is 7.91. The summed E-state index contributed by atoms with van der Waals surface area (Å²) in [6.07, 6.45) is 1.89. The Kier molecular flexibility index (Phi) is 6.15. The number of hydrogen-bond acceptors (Lipinski definition) is 4. The number of nitrogens with two attached hydrogens (primary N) is 2. The van der Waals surface area contributed by atoms with Crippen LogP contribution in [0.5, 0.6) is 0 Å². The molecule has 0 aliphatic rings. The number of aliphatic imine (C=N–C) groups is 1. The third-order valence-corrected chi connectivity index (χ3v) is 3.67. The minimum Gasteiger partial charge on any atom is -0.396 e. The summed E-state index contributed by atoms with van der Waals surface area (Å²) in [5.74, 6) is -1.75. The minimum atomic E-state index is -1.06. The van der Waals surface area contributed by atoms with Crippen molar-refractivity contribution in [1.82, 2.24) is 0 Å². The Labute approximate surface area is 154 Å². The van der Waals surface area contributed by atoms with Crippen molar-refractivity contribution in [2.45, 2.75) is 13.0 Å². The van der Waals surface area contributed by atoms with Crippen molar-refractivity contribution in [3.8, 4) is 0 Å². The lowest BCUT2D eigenvalue weighted by Gasteiger charge is -2.10. The molecule has 0 heterocycles. The summed E-state index contributed by atoms with van der Waals surface area (Å²) in [6, 6.07) is 7.98. The third-order valence-electron chi connectivity index (χ3n) is 3.67. The number of benzene rings is 2. The number of aliphatic hydroxyl groups excluding tert-OH is 1. The van der Waals surface area contributed by atoms with Gasteiger partial charge in [-0.3, -0.25) is 5.41 Å². The van der Waals surface area contributed by atoms with Crippen LogP contribution in [0.25, 0.3) is 6.08 Å². The predicted molar refractivity (Wildman–Crippen MR) is 103 cm³/mol. The fraction of sp³-hybridized carbons (Fsp3) is 0.105. The molecule has 0 fully saturated rings. The molecule has 0 aliphatic carbocycles. The normalized spacial score (nSPS) is 13.0. The van der Waals surface area contributed by atoms with Crippen LogP contribution >= 0.6 is 0 Å². The van der Waals surface area contributed by atoms with E-state index in [1.807, 2.05) is 0 Å². The molecule has 0 saturated carbocycles. The zero-order valence-electron chi connectivity index (χ0n) is 14.5. The summed E-state index contributed by atoms with van der Waals surface area (Å²) in [4.78, 5) is 3.72. The van der Waals surface area contributed by atoms with Gasteiger partial charge in [-0.2, -0.15) is 0 Å². The van der Waals surface area contributed by atoms with Crippen LogP contribution in [-0.2, 0) is 0 Å². The first kappa shape index (κ1) is 19.9. The van der Waals surface area contributed by atoms with Gasteiger partial charge in [-0.05, 0) is 42.8 Å². The molecule has 0 radical (unpaired) electrons. The minimum absolute atomic E-state index is 0.0558. The number of nitrogens with one attached hydrogen (secondary N) is 2. The fourth-order valence-corrected chi connectivity index (χ4v) is 2.11. The molecule has 8 heteroatoms. The highest BCUT2D eigenvalue weighted by molar-refractivity contribution is 6.14. The molecule has 0 amide bonds. The number of allylic oxidation sites excluding steroid dienone is 1. The van der Waals surface area contributed by atoms with E-state index < -0.39 is 11.9 Å². The van der Waals surface area contributed by atoms with Crippen molar-refractivity contribution in [3.63, 3.8) is 0 Å². The second-order valence-corrected chi connectivity index (χ2v) is 5.78. The van der Waals surface area contributed by atoms with Gasteiger partial charge in [0.05, 0.1) is 11.4 Å². The molecule has 2 aromatic carbocycles. The van der Waals surface area contributed by atoms with E-state index in [2.05, 4.69) is 4.99 Å². The molecule has 1 unspecified atom stereocenters. The maximum Gasteiger partial charge on any atom is 0.154 e. The van der Waals surface area contributed by atoms with E-state index in [4.69, 9.17) is 22.3 Å². The molecule has 0 bridgehead atoms. The molecule has 6 nitrogen and oxygen atoms in total. The van der Waals surface area contributed by atoms with Gasteiger partial charge < -0.3 is 22.0 Å². The van der Waals surface area contributed by atoms with Crippen LogP contribution in [0, 0.1) is 22.5 Å². The molecular weight excluding hydrogens is 352 g/mol. The summed E-state index contributed by atoms with van der Waals surface area (Å²) >= 11 is 0. The third kappa shape index (κ3) is 5.05. The number of nitrogen functional groups attached to an aromatic ring is 1. The molecular formula is C19H19F2N5O. The van der Waals surface area contributed by atoms with Crippen LogP contribution in [0.2, 0.25) is 0 Å². The summed E-state index contributed by atoms with van der Waals surface area (Å²) in [7, 11) is 0. The Morgan fingerprint density at radius 3 is 2.41 bits per heavy atom. The van der Waals surface area contributed by atoms with Gasteiger partial charge in [0.15, 0.2) is 5.84 Å². The number of nitrogens with zero attached hydrogens (tertiary/aromatic N) is 1. The van der Waals surface area contributed by atoms with E-state index in [1.165, 1.54) is 43.3 Å². The summed E-state index contributed by atoms with van der Waals surface area (Å²) in [5.41, 5.74) is 11.7. The quantitative estimate of drug-likeness (QED) is 0.314. The Morgan fingerprint density at radius 1 is 1.19 bits per heavy atom. The Hall–Kier alpha value is -3.39. The average Bonchev–Trinajstić information content (AvgIpc) is 2.62. The van der Waals surface area contributed by atoms with E-state index in [-0.39, 0.29) is 40.0 Å². The van der Waals surface area contributed by atoms with Crippen LogP contribution in [0.4, 0.5) is 14.5 Å². The van der Waals surface area contributed by atoms with Crippen molar-refractivity contribution < 1.29 is 13.9 Å². The molecule has 7 N–H and O–H groups in total. The number of rotatable bonds is 5. The second-order valence-electron chi connectivity index (χ2n) is 5.78. The maximum atomic E-state index is 14.2. The molecule has 140 valence electrons. The maximum absolute atomic E-state index is 14.2. The number of halogens is 2. The molecule has 2 aromatic rings. The second kappa shape index (κ2) is 8.33. The summed E-state index contributed by atoms with van der Waals surface area (Å²) < 4.78 is 27.1. The van der Waals surface area contributed by atoms with Crippen molar-refractivity contribution in [2.75, 3.05) is 5.73 Å². The van der Waals surface area contributed by atoms with Gasteiger partial charge in [0.2, 0.25) is 0 Å². The topological polar surface area (TPSA) is 132 Å². The number of amidine groups is 2. The Morgan fingerprint density at radius 2 is 1.81 bits per heavy atom. The number of aliphatic hydroxyl groups is 1. The SMILES string of the molecule is CC(O)C(N)=NC(=N)c1cc(F)c(N)c(C(=N)/C=C/c2ccc(F)cc2)c1. The van der Waals surface area contributed by atoms with Crippen LogP contribution in [0.1, 0.15) is 23.6 Å². The van der Waals surface area contributed by atoms with Crippen LogP contribution in [0.15, 0.2) is 47.5 Å². The monoisotopic (exact) mass is 371 g/mol. The highest BCUT2D eigenvalue weighted by Crippen LogP contribution is 2.21. The Bertz CT molecular complexity index is 934. The van der Waals surface area contributed by atoms with Crippen molar-refractivity contribution >= 4 is 29.1 Å². The van der Waals surface area contributed by atoms with Crippen LogP contribution in [-0.4, -0.2) is 28.6 Å². The van der Waals surface area contributed by atoms with Crippen molar-refractivity contribution in [3.05, 3.63) is 70.8 Å². The zero-order valence-corrected chi connectivity index (χ0v) is 14.5. The number of anilines is 1. The van der Waals surface area contributed by atoms with E-state index >= 15 is 0 Å². The van der Waals surface area contributed by atoms with E-state index in [0.29, 0.717) is 5.56 Å². The summed E-state index contributed by atoms with van der Waals surface area (Å²) in [6.45, 7) is 1.39. The van der Waals surface area contributed by atoms with Gasteiger partial charge in [-0.1, -0.05) is 18.2 Å². The smallest absolute Gasteiger partial charge is 0.154 e. The first-order valence-corrected chi connectivity index (χ1v) is 7.91. The number of hydrogen-bond donors (Lipinski definition) is 5. The molecule has 1 atom stereocenters. The van der Waals surface area contributed by atoms with Gasteiger partial charge in [-0.25, -0.2) is 13.8 Å². The van der Waals surface area contributed by atoms with E-state index in [9.17, 15) is 13.9 Å². The molecule has 0 spiro atoms. The molecule has 0 aliphatic heterocycles. The fourth-order valence-electron chi connectivity index (χ4n) is 2.11. The largest absolute Gasteiger partial charge is 0.396 e. The lowest BCUT2D eigenvalue weighted by molar-refractivity contribution is 0.261. The van der Waals surface area contributed by atoms with Crippen molar-refractivity contribution in [2.24, 2.45) is 10.7 Å². The van der Waals surface area contributed by atoms with Gasteiger partial charge in [0.25, 0.3) is 0 Å². The Balaban J connectivity index is 2.34. The van der Waals surface area contributed by atoms with E-state index in [1.54, 1.807) is 6.08 Å². The lowest BCUT2D eigenvalue weighted by atomic mass is 10.0. The first-order chi connectivity index (χ1) is 12.7. The van der Waals surface area contributed by atoms with E-state index in [0.717, 1.165) is 6.07 Å². The zero-order chi connectivity index (χ0) is 20.1. The van der Waals surface area contributed by atoms with Crippen LogP contribution < -0.4 is 11.5 Å². The summed E-state index contributed by atoms with van der Waals surface area (Å²) in [5, 5.41) is 25.4. The average molecular weight is 371 g/mol. The molecule has 0 saturated heterocycles. The van der Waals surface area contributed by atoms with Gasteiger partial charge in [-0.15, -0.1) is 0 Å². The molecule has 2 rings (SSSR count). The molecule has 0 aromatic heterocycles.